The van der Waals surface area contributed by atoms with E-state index in [4.69, 9.17) is 0 Å². The number of carbonyl (C=O) groups is 2. The zero-order valence-electron chi connectivity index (χ0n) is 21.2. The molecule has 2 aliphatic rings. The number of benzene rings is 1. The lowest BCUT2D eigenvalue weighted by Gasteiger charge is -2.37. The van der Waals surface area contributed by atoms with Gasteiger partial charge in [0.05, 0.1) is 11.9 Å². The molecule has 2 N–H and O–H groups in total. The molecule has 1 aromatic carbocycles. The zero-order chi connectivity index (χ0) is 26.2. The number of ketones is 1. The second-order valence-electron chi connectivity index (χ2n) is 10.4. The first kappa shape index (κ1) is 24.6. The average molecular weight is 500 g/mol. The molecule has 8 heteroatoms. The third-order valence-electron chi connectivity index (χ3n) is 6.74. The van der Waals surface area contributed by atoms with Crippen LogP contribution in [-0.2, 0) is 9.59 Å². The van der Waals surface area contributed by atoms with Gasteiger partial charge in [0.15, 0.2) is 11.6 Å². The van der Waals surface area contributed by atoms with Gasteiger partial charge in [0, 0.05) is 47.4 Å². The predicted molar refractivity (Wildman–Crippen MR) is 142 cm³/mol. The number of halogens is 1. The van der Waals surface area contributed by atoms with Crippen LogP contribution in [0.25, 0.3) is 17.2 Å². The van der Waals surface area contributed by atoms with Gasteiger partial charge in [-0.1, -0.05) is 45.0 Å². The molecule has 3 heterocycles. The van der Waals surface area contributed by atoms with Crippen LogP contribution in [0.2, 0.25) is 0 Å². The SMILES string of the molecule is CCCC(=O)Nn1ncc2c1NC1=C(C(=O)CC(C)(C)C1)C2/C=C/c1ccc(-c2cccc(F)c2)cn1. The van der Waals surface area contributed by atoms with Crippen molar-refractivity contribution < 1.29 is 14.0 Å². The fourth-order valence-electron chi connectivity index (χ4n) is 5.04. The minimum Gasteiger partial charge on any atom is -0.342 e. The van der Waals surface area contributed by atoms with E-state index in [2.05, 4.69) is 34.7 Å². The molecule has 3 aromatic rings. The van der Waals surface area contributed by atoms with E-state index >= 15 is 0 Å². The summed E-state index contributed by atoms with van der Waals surface area (Å²) in [5, 5.41) is 7.80. The predicted octanol–water partition coefficient (Wildman–Crippen LogP) is 5.82. The molecule has 0 bridgehead atoms. The first-order chi connectivity index (χ1) is 17.7. The summed E-state index contributed by atoms with van der Waals surface area (Å²) in [4.78, 5) is 31.6. The largest absolute Gasteiger partial charge is 0.342 e. The van der Waals surface area contributed by atoms with Crippen molar-refractivity contribution in [2.75, 3.05) is 10.7 Å². The van der Waals surface area contributed by atoms with Crippen molar-refractivity contribution in [3.8, 4) is 11.1 Å². The highest BCUT2D eigenvalue weighted by atomic mass is 19.1. The summed E-state index contributed by atoms with van der Waals surface area (Å²) in [7, 11) is 0. The average Bonchev–Trinajstić information content (AvgIpc) is 3.23. The number of nitrogens with one attached hydrogen (secondary N) is 2. The molecule has 1 aliphatic heterocycles. The molecule has 0 spiro atoms. The van der Waals surface area contributed by atoms with E-state index in [1.807, 2.05) is 37.3 Å². The summed E-state index contributed by atoms with van der Waals surface area (Å²) >= 11 is 0. The number of anilines is 1. The van der Waals surface area contributed by atoms with Gasteiger partial charge in [0.2, 0.25) is 5.91 Å². The van der Waals surface area contributed by atoms with Crippen molar-refractivity contribution in [2.24, 2.45) is 5.41 Å². The molecule has 1 aliphatic carbocycles. The van der Waals surface area contributed by atoms with Crippen LogP contribution >= 0.6 is 0 Å². The first-order valence-corrected chi connectivity index (χ1v) is 12.6. The van der Waals surface area contributed by atoms with Crippen LogP contribution in [-0.4, -0.2) is 26.6 Å². The first-order valence-electron chi connectivity index (χ1n) is 12.6. The molecule has 190 valence electrons. The summed E-state index contributed by atoms with van der Waals surface area (Å²) < 4.78 is 13.6. The summed E-state index contributed by atoms with van der Waals surface area (Å²) in [5.41, 5.74) is 7.38. The number of allylic oxidation sites excluding steroid dienone is 3. The molecule has 0 radical (unpaired) electrons. The van der Waals surface area contributed by atoms with E-state index in [-0.39, 0.29) is 28.8 Å². The summed E-state index contributed by atoms with van der Waals surface area (Å²) in [6.45, 7) is 6.12. The van der Waals surface area contributed by atoms with Crippen molar-refractivity contribution >= 4 is 23.6 Å². The molecule has 37 heavy (non-hydrogen) atoms. The minimum atomic E-state index is -0.323. The Hall–Kier alpha value is -4.07. The number of carbonyl (C=O) groups excluding carboxylic acids is 2. The Balaban J connectivity index is 1.48. The Labute approximate surface area is 215 Å². The van der Waals surface area contributed by atoms with Crippen molar-refractivity contribution in [1.82, 2.24) is 14.9 Å². The van der Waals surface area contributed by atoms with Crippen LogP contribution in [0.3, 0.4) is 0 Å². The normalized spacial score (nSPS) is 18.4. The number of amides is 1. The van der Waals surface area contributed by atoms with Crippen LogP contribution in [0.15, 0.2) is 66.1 Å². The Morgan fingerprint density at radius 2 is 2.05 bits per heavy atom. The quantitative estimate of drug-likeness (QED) is 0.446. The van der Waals surface area contributed by atoms with Crippen LogP contribution in [0.5, 0.6) is 0 Å². The van der Waals surface area contributed by atoms with E-state index in [1.165, 1.54) is 16.9 Å². The molecule has 7 nitrogen and oxygen atoms in total. The van der Waals surface area contributed by atoms with Gasteiger partial charge in [-0.2, -0.15) is 9.89 Å². The Morgan fingerprint density at radius 3 is 2.78 bits per heavy atom. The van der Waals surface area contributed by atoms with E-state index in [0.717, 1.165) is 40.1 Å². The number of Topliss-reactive ketones (excluding diaryl/α,β-unsaturated/α-hetero) is 1. The van der Waals surface area contributed by atoms with E-state index < -0.39 is 0 Å². The molecular weight excluding hydrogens is 469 g/mol. The molecule has 1 amide bonds. The highest BCUT2D eigenvalue weighted by Crippen LogP contribution is 2.47. The lowest BCUT2D eigenvalue weighted by molar-refractivity contribution is -0.118. The van der Waals surface area contributed by atoms with Crippen molar-refractivity contribution in [3.63, 3.8) is 0 Å². The number of aromatic nitrogens is 3. The van der Waals surface area contributed by atoms with Gasteiger partial charge in [-0.05, 0) is 48.1 Å². The van der Waals surface area contributed by atoms with Gasteiger partial charge >= 0.3 is 0 Å². The van der Waals surface area contributed by atoms with Gasteiger partial charge in [-0.3, -0.25) is 14.6 Å². The third-order valence-corrected chi connectivity index (χ3v) is 6.74. The van der Waals surface area contributed by atoms with E-state index in [0.29, 0.717) is 25.1 Å². The number of pyridine rings is 1. The maximum absolute atomic E-state index is 13.6. The molecule has 5 rings (SSSR count). The second-order valence-corrected chi connectivity index (χ2v) is 10.4. The number of nitrogens with zero attached hydrogens (tertiary/aromatic N) is 3. The van der Waals surface area contributed by atoms with Crippen LogP contribution < -0.4 is 10.7 Å². The number of rotatable bonds is 6. The second kappa shape index (κ2) is 9.76. The summed E-state index contributed by atoms with van der Waals surface area (Å²) in [6, 6.07) is 10.2. The Morgan fingerprint density at radius 1 is 1.22 bits per heavy atom. The van der Waals surface area contributed by atoms with E-state index in [1.54, 1.807) is 18.5 Å². The Bertz CT molecular complexity index is 1420. The maximum Gasteiger partial charge on any atom is 0.240 e. The Kier molecular flexibility index (Phi) is 6.50. The van der Waals surface area contributed by atoms with Crippen molar-refractivity contribution in [1.29, 1.82) is 0 Å². The van der Waals surface area contributed by atoms with Gasteiger partial charge in [-0.15, -0.1) is 0 Å². The molecule has 2 aromatic heterocycles. The minimum absolute atomic E-state index is 0.108. The third kappa shape index (κ3) is 5.09. The summed E-state index contributed by atoms with van der Waals surface area (Å²) in [5.74, 6) is 0.0362. The summed E-state index contributed by atoms with van der Waals surface area (Å²) in [6.07, 6.45) is 9.58. The zero-order valence-corrected chi connectivity index (χ0v) is 21.2. The van der Waals surface area contributed by atoms with Gasteiger partial charge in [0.1, 0.15) is 5.82 Å². The lowest BCUT2D eigenvalue weighted by Crippen LogP contribution is -2.34. The topological polar surface area (TPSA) is 88.9 Å². The van der Waals surface area contributed by atoms with Gasteiger partial charge < -0.3 is 5.32 Å². The number of hydrogen-bond acceptors (Lipinski definition) is 5. The molecule has 0 fully saturated rings. The lowest BCUT2D eigenvalue weighted by atomic mass is 9.71. The van der Waals surface area contributed by atoms with Gasteiger partial charge in [0.25, 0.3) is 0 Å². The number of hydrogen-bond donors (Lipinski definition) is 2. The monoisotopic (exact) mass is 499 g/mol. The molecule has 0 saturated carbocycles. The fourth-order valence-corrected chi connectivity index (χ4v) is 5.04. The van der Waals surface area contributed by atoms with Crippen molar-refractivity contribution in [3.05, 3.63) is 83.2 Å². The van der Waals surface area contributed by atoms with Gasteiger partial charge in [-0.25, -0.2) is 9.82 Å². The standard InChI is InChI=1S/C29H30FN5O2/c1-4-6-26(37)34-35-28-23(17-32-35)22(27-24(33-28)14-29(2,3)15-25(27)36)12-11-21-10-9-19(16-31-21)18-7-5-8-20(30)13-18/h5,7-13,16-17,22,33H,4,6,14-15H2,1-3H3,(H,34,37)/b12-11+. The highest BCUT2D eigenvalue weighted by molar-refractivity contribution is 6.01. The van der Waals surface area contributed by atoms with Crippen LogP contribution in [0.4, 0.5) is 10.2 Å². The highest BCUT2D eigenvalue weighted by Gasteiger charge is 2.40. The maximum atomic E-state index is 13.6. The smallest absolute Gasteiger partial charge is 0.240 e. The molecular formula is C29H30FN5O2. The molecule has 1 atom stereocenters. The van der Waals surface area contributed by atoms with E-state index in [9.17, 15) is 14.0 Å². The van der Waals surface area contributed by atoms with Crippen molar-refractivity contribution in [2.45, 2.75) is 52.4 Å². The number of fused-ring (bicyclic) bond motifs is 1. The van der Waals surface area contributed by atoms with Crippen LogP contribution in [0.1, 0.15) is 63.6 Å². The fraction of sp³-hybridized carbons (Fsp3) is 0.310. The molecule has 0 saturated heterocycles. The van der Waals surface area contributed by atoms with Crippen LogP contribution in [0, 0.1) is 11.2 Å². The molecule has 1 unspecified atom stereocenters.